The summed E-state index contributed by atoms with van der Waals surface area (Å²) in [5.74, 6) is 1.90. The molecule has 2 N–H and O–H groups in total. The van der Waals surface area contributed by atoms with Crippen molar-refractivity contribution in [3.05, 3.63) is 41.1 Å². The Bertz CT molecular complexity index is 561. The molecule has 5 nitrogen and oxygen atoms in total. The van der Waals surface area contributed by atoms with Gasteiger partial charge in [-0.3, -0.25) is 0 Å². The zero-order valence-electron chi connectivity index (χ0n) is 11.4. The molecule has 0 radical (unpaired) electrons. The van der Waals surface area contributed by atoms with Crippen LogP contribution in [-0.4, -0.2) is 28.5 Å². The number of hydrogen-bond acceptors (Lipinski definition) is 4. The lowest BCUT2D eigenvalue weighted by Crippen LogP contribution is -2.29. The first-order valence-corrected chi connectivity index (χ1v) is 6.64. The first-order valence-electron chi connectivity index (χ1n) is 6.64. The summed E-state index contributed by atoms with van der Waals surface area (Å²) in [6, 6.07) is 4.11. The molecule has 0 saturated carbocycles. The van der Waals surface area contributed by atoms with Crippen molar-refractivity contribution < 1.29 is 0 Å². The fraction of sp³-hybridized carbons (Fsp3) is 0.429. The van der Waals surface area contributed by atoms with Gasteiger partial charge in [0.25, 0.3) is 0 Å². The number of aromatic nitrogens is 3. The van der Waals surface area contributed by atoms with Crippen LogP contribution < -0.4 is 10.2 Å². The second-order valence-corrected chi connectivity index (χ2v) is 5.00. The first kappa shape index (κ1) is 12.2. The number of fused-ring (bicyclic) bond motifs is 1. The third-order valence-electron chi connectivity index (χ3n) is 3.45. The molecule has 1 aliphatic heterocycles. The summed E-state index contributed by atoms with van der Waals surface area (Å²) in [7, 11) is 2.08. The first-order chi connectivity index (χ1) is 9.24. The maximum atomic E-state index is 4.63. The number of hydrogen-bond donors (Lipinski definition) is 2. The molecule has 0 unspecified atom stereocenters. The molecule has 0 aromatic carbocycles. The molecular weight excluding hydrogens is 238 g/mol. The Kier molecular flexibility index (Phi) is 3.21. The van der Waals surface area contributed by atoms with E-state index in [-0.39, 0.29) is 0 Å². The van der Waals surface area contributed by atoms with E-state index in [2.05, 4.69) is 38.3 Å². The van der Waals surface area contributed by atoms with E-state index in [9.17, 15) is 0 Å². The molecule has 2 aromatic heterocycles. The van der Waals surface area contributed by atoms with Gasteiger partial charge >= 0.3 is 0 Å². The predicted octanol–water partition coefficient (Wildman–Crippen LogP) is 1.40. The number of anilines is 1. The zero-order chi connectivity index (χ0) is 13.2. The maximum absolute atomic E-state index is 4.63. The van der Waals surface area contributed by atoms with Crippen molar-refractivity contribution >= 4 is 5.82 Å². The van der Waals surface area contributed by atoms with E-state index in [1.807, 2.05) is 19.2 Å². The summed E-state index contributed by atoms with van der Waals surface area (Å²) in [6.45, 7) is 4.66. The van der Waals surface area contributed by atoms with E-state index in [0.29, 0.717) is 0 Å². The second kappa shape index (κ2) is 5.01. The van der Waals surface area contributed by atoms with Gasteiger partial charge in [-0.25, -0.2) is 9.97 Å². The van der Waals surface area contributed by atoms with Gasteiger partial charge in [0.15, 0.2) is 0 Å². The lowest BCUT2D eigenvalue weighted by atomic mass is 10.1. The van der Waals surface area contributed by atoms with Crippen LogP contribution in [0.5, 0.6) is 0 Å². The molecule has 0 bridgehead atoms. The zero-order valence-corrected chi connectivity index (χ0v) is 11.4. The summed E-state index contributed by atoms with van der Waals surface area (Å²) in [6.07, 6.45) is 2.94. The summed E-state index contributed by atoms with van der Waals surface area (Å²) in [4.78, 5) is 14.6. The van der Waals surface area contributed by atoms with E-state index in [1.165, 1.54) is 17.0 Å². The highest BCUT2D eigenvalue weighted by molar-refractivity contribution is 5.49. The largest absolute Gasteiger partial charge is 0.364 e. The predicted molar refractivity (Wildman–Crippen MR) is 75.1 cm³/mol. The summed E-state index contributed by atoms with van der Waals surface area (Å²) in [5.41, 5.74) is 3.63. The smallest absolute Gasteiger partial charge is 0.137 e. The highest BCUT2D eigenvalue weighted by Gasteiger charge is 2.19. The van der Waals surface area contributed by atoms with Crippen LogP contribution in [0.3, 0.4) is 0 Å². The molecular formula is C14H19N5. The van der Waals surface area contributed by atoms with Crippen molar-refractivity contribution in [3.63, 3.8) is 0 Å². The van der Waals surface area contributed by atoms with Gasteiger partial charge in [0, 0.05) is 44.0 Å². The van der Waals surface area contributed by atoms with Crippen molar-refractivity contribution in [2.45, 2.75) is 26.4 Å². The number of aromatic amines is 1. The highest BCUT2D eigenvalue weighted by Crippen LogP contribution is 2.23. The van der Waals surface area contributed by atoms with Crippen molar-refractivity contribution in [3.8, 4) is 0 Å². The molecule has 1 aliphatic rings. The molecule has 0 saturated heterocycles. The standard InChI is InChI=1S/C14H19N5/c1-10-17-13-5-7-15-8-12(13)14(18-10)19(2)9-11-4-3-6-16-11/h3-4,6,15-16H,5,7-9H2,1-2H3. The quantitative estimate of drug-likeness (QED) is 0.872. The van der Waals surface area contributed by atoms with Gasteiger partial charge in [0.2, 0.25) is 0 Å². The molecule has 5 heteroatoms. The Morgan fingerprint density at radius 3 is 3.05 bits per heavy atom. The maximum Gasteiger partial charge on any atom is 0.137 e. The van der Waals surface area contributed by atoms with Crippen LogP contribution in [0.2, 0.25) is 0 Å². The lowest BCUT2D eigenvalue weighted by molar-refractivity contribution is 0.619. The van der Waals surface area contributed by atoms with E-state index >= 15 is 0 Å². The molecule has 0 amide bonds. The van der Waals surface area contributed by atoms with Crippen LogP contribution >= 0.6 is 0 Å². The number of nitrogens with zero attached hydrogens (tertiary/aromatic N) is 3. The summed E-state index contributed by atoms with van der Waals surface area (Å²) >= 11 is 0. The van der Waals surface area contributed by atoms with Crippen LogP contribution in [0.1, 0.15) is 22.8 Å². The Morgan fingerprint density at radius 2 is 2.26 bits per heavy atom. The van der Waals surface area contributed by atoms with Crippen molar-refractivity contribution in [1.82, 2.24) is 20.3 Å². The molecule has 0 spiro atoms. The number of nitrogens with one attached hydrogen (secondary N) is 2. The van der Waals surface area contributed by atoms with E-state index in [0.717, 1.165) is 37.7 Å². The van der Waals surface area contributed by atoms with Crippen molar-refractivity contribution in [1.29, 1.82) is 0 Å². The van der Waals surface area contributed by atoms with Crippen molar-refractivity contribution in [2.75, 3.05) is 18.5 Å². The van der Waals surface area contributed by atoms with Crippen LogP contribution in [0.15, 0.2) is 18.3 Å². The van der Waals surface area contributed by atoms with Crippen LogP contribution in [0.25, 0.3) is 0 Å². The Morgan fingerprint density at radius 1 is 1.37 bits per heavy atom. The fourth-order valence-corrected chi connectivity index (χ4v) is 2.56. The average Bonchev–Trinajstić information content (AvgIpc) is 2.90. The molecule has 0 atom stereocenters. The third kappa shape index (κ3) is 2.46. The third-order valence-corrected chi connectivity index (χ3v) is 3.45. The monoisotopic (exact) mass is 257 g/mol. The molecule has 0 aliphatic carbocycles. The van der Waals surface area contributed by atoms with Crippen LogP contribution in [-0.2, 0) is 19.5 Å². The van der Waals surface area contributed by atoms with Gasteiger partial charge in [0.05, 0.1) is 12.2 Å². The minimum absolute atomic E-state index is 0.829. The second-order valence-electron chi connectivity index (χ2n) is 5.00. The van der Waals surface area contributed by atoms with Gasteiger partial charge in [-0.2, -0.15) is 0 Å². The minimum Gasteiger partial charge on any atom is -0.364 e. The Hall–Kier alpha value is -1.88. The lowest BCUT2D eigenvalue weighted by Gasteiger charge is -2.25. The van der Waals surface area contributed by atoms with Crippen LogP contribution in [0, 0.1) is 6.92 Å². The molecule has 100 valence electrons. The Balaban J connectivity index is 1.92. The van der Waals surface area contributed by atoms with Gasteiger partial charge in [0.1, 0.15) is 11.6 Å². The average molecular weight is 257 g/mol. The fourth-order valence-electron chi connectivity index (χ4n) is 2.56. The topological polar surface area (TPSA) is 56.8 Å². The van der Waals surface area contributed by atoms with Gasteiger partial charge < -0.3 is 15.2 Å². The molecule has 0 fully saturated rings. The number of rotatable bonds is 3. The SMILES string of the molecule is Cc1nc2c(c(N(C)Cc3ccc[nH]3)n1)CNCC2. The van der Waals surface area contributed by atoms with E-state index in [4.69, 9.17) is 0 Å². The summed E-state index contributed by atoms with van der Waals surface area (Å²) in [5, 5.41) is 3.40. The number of aryl methyl sites for hydroxylation is 1. The molecule has 2 aromatic rings. The van der Waals surface area contributed by atoms with Crippen molar-refractivity contribution in [2.24, 2.45) is 0 Å². The van der Waals surface area contributed by atoms with Gasteiger partial charge in [-0.1, -0.05) is 0 Å². The molecule has 19 heavy (non-hydrogen) atoms. The normalized spacial score (nSPS) is 14.2. The Labute approximate surface area is 113 Å². The van der Waals surface area contributed by atoms with E-state index < -0.39 is 0 Å². The minimum atomic E-state index is 0.829. The molecule has 3 heterocycles. The van der Waals surface area contributed by atoms with Crippen LogP contribution in [0.4, 0.5) is 5.82 Å². The number of H-pyrrole nitrogens is 1. The highest BCUT2D eigenvalue weighted by atomic mass is 15.2. The van der Waals surface area contributed by atoms with Gasteiger partial charge in [-0.15, -0.1) is 0 Å². The molecule has 3 rings (SSSR count). The summed E-state index contributed by atoms with van der Waals surface area (Å²) < 4.78 is 0. The van der Waals surface area contributed by atoms with Gasteiger partial charge in [-0.05, 0) is 19.1 Å². The van der Waals surface area contributed by atoms with E-state index in [1.54, 1.807) is 0 Å².